The van der Waals surface area contributed by atoms with E-state index in [1.807, 2.05) is 13.1 Å². The minimum Gasteiger partial charge on any atom is -0.344 e. The Morgan fingerprint density at radius 3 is 2.52 bits per heavy atom. The van der Waals surface area contributed by atoms with Crippen LogP contribution in [0.2, 0.25) is 0 Å². The number of hydrogen-bond donors (Lipinski definition) is 1. The second-order valence-corrected chi connectivity index (χ2v) is 7.31. The molecule has 0 aliphatic carbocycles. The van der Waals surface area contributed by atoms with E-state index in [0.717, 1.165) is 39.0 Å². The number of benzene rings is 1. The summed E-state index contributed by atoms with van der Waals surface area (Å²) >= 11 is 0. The Hall–Kier alpha value is -2.08. The Labute approximate surface area is 149 Å². The highest BCUT2D eigenvalue weighted by atomic mass is 16.2. The predicted octanol–water partition coefficient (Wildman–Crippen LogP) is 1.38. The molecule has 3 amide bonds. The Morgan fingerprint density at radius 2 is 1.92 bits per heavy atom. The minimum atomic E-state index is -0.402. The van der Waals surface area contributed by atoms with Crippen molar-refractivity contribution in [3.8, 4) is 0 Å². The molecule has 2 aliphatic rings. The van der Waals surface area contributed by atoms with Crippen molar-refractivity contribution in [2.75, 3.05) is 40.3 Å². The number of carbonyl (C=O) groups is 2. The van der Waals surface area contributed by atoms with Gasteiger partial charge in [-0.1, -0.05) is 30.3 Å². The molecule has 1 aromatic carbocycles. The molecule has 0 bridgehead atoms. The van der Waals surface area contributed by atoms with Crippen molar-refractivity contribution < 1.29 is 9.59 Å². The summed E-state index contributed by atoms with van der Waals surface area (Å²) in [5.41, 5.74) is 1.36. The van der Waals surface area contributed by atoms with Gasteiger partial charge >= 0.3 is 6.03 Å². The minimum absolute atomic E-state index is 0.0180. The average Bonchev–Trinajstić information content (AvgIpc) is 2.96. The zero-order valence-corrected chi connectivity index (χ0v) is 15.1. The molecule has 0 aromatic heterocycles. The van der Waals surface area contributed by atoms with Gasteiger partial charge < -0.3 is 15.1 Å². The van der Waals surface area contributed by atoms with Crippen LogP contribution in [0, 0.1) is 5.92 Å². The number of piperidine rings is 1. The molecular formula is C19H28N4O2. The molecule has 1 aromatic rings. The summed E-state index contributed by atoms with van der Waals surface area (Å²) in [5.74, 6) is 0.556. The summed E-state index contributed by atoms with van der Waals surface area (Å²) < 4.78 is 0. The second-order valence-electron chi connectivity index (χ2n) is 7.31. The number of urea groups is 1. The van der Waals surface area contributed by atoms with Gasteiger partial charge in [-0.05, 0) is 37.4 Å². The van der Waals surface area contributed by atoms with E-state index in [1.165, 1.54) is 5.56 Å². The summed E-state index contributed by atoms with van der Waals surface area (Å²) in [7, 11) is 3.56. The number of nitrogens with zero attached hydrogens (tertiary/aromatic N) is 3. The molecular weight excluding hydrogens is 316 g/mol. The molecule has 1 N–H and O–H groups in total. The SMILES string of the molecule is CN1C[C@H](C(=O)N(C)CC2CCN(Cc3ccccc3)CC2)NC1=O. The lowest BCUT2D eigenvalue weighted by atomic mass is 9.95. The van der Waals surface area contributed by atoms with Crippen LogP contribution in [-0.4, -0.2) is 73.0 Å². The molecule has 0 spiro atoms. The largest absolute Gasteiger partial charge is 0.344 e. The van der Waals surface area contributed by atoms with Crippen LogP contribution in [0.5, 0.6) is 0 Å². The highest BCUT2D eigenvalue weighted by Crippen LogP contribution is 2.20. The van der Waals surface area contributed by atoms with Gasteiger partial charge in [0.25, 0.3) is 0 Å². The van der Waals surface area contributed by atoms with Crippen LogP contribution in [0.4, 0.5) is 4.79 Å². The maximum absolute atomic E-state index is 12.5. The Kier molecular flexibility index (Phi) is 5.58. The van der Waals surface area contributed by atoms with Crippen LogP contribution in [0.3, 0.4) is 0 Å². The van der Waals surface area contributed by atoms with Gasteiger partial charge in [0.05, 0.1) is 6.54 Å². The number of carbonyl (C=O) groups excluding carboxylic acids is 2. The summed E-state index contributed by atoms with van der Waals surface area (Å²) in [6.45, 7) is 4.38. The van der Waals surface area contributed by atoms with Gasteiger partial charge in [-0.3, -0.25) is 9.69 Å². The zero-order chi connectivity index (χ0) is 17.8. The first-order valence-electron chi connectivity index (χ1n) is 9.06. The van der Waals surface area contributed by atoms with E-state index in [2.05, 4.69) is 34.5 Å². The lowest BCUT2D eigenvalue weighted by Crippen LogP contribution is -2.46. The second kappa shape index (κ2) is 7.87. The zero-order valence-electron chi connectivity index (χ0n) is 15.1. The van der Waals surface area contributed by atoms with E-state index < -0.39 is 6.04 Å². The van der Waals surface area contributed by atoms with Crippen LogP contribution >= 0.6 is 0 Å². The van der Waals surface area contributed by atoms with Gasteiger partial charge in [0.15, 0.2) is 0 Å². The molecule has 2 heterocycles. The van der Waals surface area contributed by atoms with Crippen molar-refractivity contribution >= 4 is 11.9 Å². The van der Waals surface area contributed by atoms with Gasteiger partial charge in [0, 0.05) is 27.2 Å². The summed E-state index contributed by atoms with van der Waals surface area (Å²) in [6.07, 6.45) is 2.22. The van der Waals surface area contributed by atoms with Gasteiger partial charge in [0.2, 0.25) is 5.91 Å². The molecule has 136 valence electrons. The summed E-state index contributed by atoms with van der Waals surface area (Å²) in [5, 5.41) is 2.74. The predicted molar refractivity (Wildman–Crippen MR) is 97.0 cm³/mol. The monoisotopic (exact) mass is 344 g/mol. The summed E-state index contributed by atoms with van der Waals surface area (Å²) in [6, 6.07) is 10.00. The van der Waals surface area contributed by atoms with Crippen LogP contribution < -0.4 is 5.32 Å². The number of hydrogen-bond acceptors (Lipinski definition) is 3. The number of rotatable bonds is 5. The fourth-order valence-electron chi connectivity index (χ4n) is 3.71. The van der Waals surface area contributed by atoms with E-state index >= 15 is 0 Å². The van der Waals surface area contributed by atoms with Crippen LogP contribution in [-0.2, 0) is 11.3 Å². The van der Waals surface area contributed by atoms with Crippen LogP contribution in [0.25, 0.3) is 0 Å². The van der Waals surface area contributed by atoms with E-state index in [4.69, 9.17) is 0 Å². The van der Waals surface area contributed by atoms with Gasteiger partial charge in [-0.25, -0.2) is 4.79 Å². The normalized spacial score (nSPS) is 22.1. The molecule has 3 rings (SSSR count). The molecule has 0 unspecified atom stereocenters. The fraction of sp³-hybridized carbons (Fsp3) is 0.579. The third-order valence-electron chi connectivity index (χ3n) is 5.26. The first-order chi connectivity index (χ1) is 12.0. The number of amides is 3. The Morgan fingerprint density at radius 1 is 1.24 bits per heavy atom. The van der Waals surface area contributed by atoms with Crippen molar-refractivity contribution in [2.24, 2.45) is 5.92 Å². The van der Waals surface area contributed by atoms with Gasteiger partial charge in [-0.15, -0.1) is 0 Å². The van der Waals surface area contributed by atoms with Crippen LogP contribution in [0.15, 0.2) is 30.3 Å². The Bertz CT molecular complexity index is 599. The fourth-order valence-corrected chi connectivity index (χ4v) is 3.71. The van der Waals surface area contributed by atoms with Crippen molar-refractivity contribution in [3.05, 3.63) is 35.9 Å². The lowest BCUT2D eigenvalue weighted by molar-refractivity contribution is -0.132. The number of likely N-dealkylation sites (N-methyl/N-ethyl adjacent to an activating group) is 2. The molecule has 0 radical (unpaired) electrons. The van der Waals surface area contributed by atoms with E-state index in [1.54, 1.807) is 16.8 Å². The average molecular weight is 344 g/mol. The Balaban J connectivity index is 1.42. The van der Waals surface area contributed by atoms with Crippen molar-refractivity contribution in [1.82, 2.24) is 20.0 Å². The topological polar surface area (TPSA) is 55.9 Å². The van der Waals surface area contributed by atoms with E-state index in [-0.39, 0.29) is 11.9 Å². The first kappa shape index (κ1) is 17.7. The maximum atomic E-state index is 12.5. The lowest BCUT2D eigenvalue weighted by Gasteiger charge is -2.34. The molecule has 0 saturated carbocycles. The first-order valence-corrected chi connectivity index (χ1v) is 9.06. The molecule has 6 heteroatoms. The molecule has 6 nitrogen and oxygen atoms in total. The van der Waals surface area contributed by atoms with Crippen LogP contribution in [0.1, 0.15) is 18.4 Å². The third-order valence-corrected chi connectivity index (χ3v) is 5.26. The molecule has 2 saturated heterocycles. The van der Waals surface area contributed by atoms with Gasteiger partial charge in [0.1, 0.15) is 6.04 Å². The quantitative estimate of drug-likeness (QED) is 0.878. The van der Waals surface area contributed by atoms with E-state index in [0.29, 0.717) is 12.5 Å². The highest BCUT2D eigenvalue weighted by molar-refractivity contribution is 5.90. The summed E-state index contributed by atoms with van der Waals surface area (Å²) in [4.78, 5) is 29.8. The molecule has 1 atom stereocenters. The number of likely N-dealkylation sites (tertiary alicyclic amines) is 1. The number of nitrogens with one attached hydrogen (secondary N) is 1. The molecule has 25 heavy (non-hydrogen) atoms. The van der Waals surface area contributed by atoms with Crippen molar-refractivity contribution in [1.29, 1.82) is 0 Å². The highest BCUT2D eigenvalue weighted by Gasteiger charge is 2.33. The smallest absolute Gasteiger partial charge is 0.317 e. The maximum Gasteiger partial charge on any atom is 0.317 e. The van der Waals surface area contributed by atoms with Crippen molar-refractivity contribution in [2.45, 2.75) is 25.4 Å². The van der Waals surface area contributed by atoms with Crippen molar-refractivity contribution in [3.63, 3.8) is 0 Å². The standard InChI is InChI=1S/C19H28N4O2/c1-21(18(24)17-14-22(2)19(25)20-17)12-16-8-10-23(11-9-16)13-15-6-4-3-5-7-15/h3-7,16-17H,8-14H2,1-2H3,(H,20,25)/t17-/m1/s1. The van der Waals surface area contributed by atoms with E-state index in [9.17, 15) is 9.59 Å². The van der Waals surface area contributed by atoms with Gasteiger partial charge in [-0.2, -0.15) is 0 Å². The molecule has 2 fully saturated rings. The third kappa shape index (κ3) is 4.51. The molecule has 2 aliphatic heterocycles.